The van der Waals surface area contributed by atoms with Gasteiger partial charge in [0.2, 0.25) is 0 Å². The number of ether oxygens (including phenoxy) is 2. The minimum Gasteiger partial charge on any atom is -0.493 e. The van der Waals surface area contributed by atoms with Crippen LogP contribution in [0.3, 0.4) is 0 Å². The van der Waals surface area contributed by atoms with E-state index < -0.39 is 6.10 Å². The second-order valence-electron chi connectivity index (χ2n) is 7.12. The molecular weight excluding hydrogens is 446 g/mol. The molecule has 2 aromatic carbocycles. The summed E-state index contributed by atoms with van der Waals surface area (Å²) in [4.78, 5) is 2.14. The molecule has 0 aliphatic heterocycles. The average molecular weight is 474 g/mol. The maximum absolute atomic E-state index is 10.6. The van der Waals surface area contributed by atoms with Crippen LogP contribution in [0.15, 0.2) is 75.8 Å². The molecule has 3 rings (SSSR count). The third kappa shape index (κ3) is 7.20. The van der Waals surface area contributed by atoms with Crippen molar-refractivity contribution in [2.75, 3.05) is 19.8 Å². The van der Waals surface area contributed by atoms with Crippen LogP contribution < -0.4 is 9.47 Å². The van der Waals surface area contributed by atoms with Gasteiger partial charge < -0.3 is 19.0 Å². The maximum Gasteiger partial charge on any atom is 0.123 e. The Balaban J connectivity index is 1.64. The molecule has 1 unspecified atom stereocenters. The van der Waals surface area contributed by atoms with E-state index in [1.165, 1.54) is 0 Å². The number of rotatable bonds is 12. The maximum atomic E-state index is 10.6. The fourth-order valence-electron chi connectivity index (χ4n) is 3.11. The van der Waals surface area contributed by atoms with Crippen molar-refractivity contribution in [3.8, 4) is 11.5 Å². The Kier molecular flexibility index (Phi) is 8.81. The van der Waals surface area contributed by atoms with Crippen molar-refractivity contribution in [1.29, 1.82) is 0 Å². The lowest BCUT2D eigenvalue weighted by molar-refractivity contribution is 0.0601. The van der Waals surface area contributed by atoms with Gasteiger partial charge in [-0.15, -0.1) is 0 Å². The molecule has 160 valence electrons. The van der Waals surface area contributed by atoms with E-state index in [0.29, 0.717) is 26.2 Å². The SMILES string of the molecule is CCCOc1ccccc1CN(Cc1ccco1)CC(O)COc1ccc(Br)cc1. The predicted octanol–water partition coefficient (Wildman–Crippen LogP) is 5.27. The first kappa shape index (κ1) is 22.4. The molecule has 1 N–H and O–H groups in total. The normalized spacial score (nSPS) is 12.1. The first-order valence-electron chi connectivity index (χ1n) is 10.2. The van der Waals surface area contributed by atoms with Gasteiger partial charge in [0.05, 0.1) is 19.4 Å². The summed E-state index contributed by atoms with van der Waals surface area (Å²) in [6.07, 6.45) is 1.97. The van der Waals surface area contributed by atoms with Crippen LogP contribution in [0, 0.1) is 0 Å². The largest absolute Gasteiger partial charge is 0.493 e. The van der Waals surface area contributed by atoms with Crippen molar-refractivity contribution in [1.82, 2.24) is 4.90 Å². The summed E-state index contributed by atoms with van der Waals surface area (Å²) in [5.74, 6) is 2.46. The van der Waals surface area contributed by atoms with E-state index in [1.807, 2.05) is 54.6 Å². The van der Waals surface area contributed by atoms with Crippen molar-refractivity contribution in [2.24, 2.45) is 0 Å². The van der Waals surface area contributed by atoms with Gasteiger partial charge in [0.25, 0.3) is 0 Å². The smallest absolute Gasteiger partial charge is 0.123 e. The summed E-state index contributed by atoms with van der Waals surface area (Å²) in [7, 11) is 0. The number of furan rings is 1. The van der Waals surface area contributed by atoms with Gasteiger partial charge in [-0.05, 0) is 48.9 Å². The molecular formula is C24H28BrNO4. The van der Waals surface area contributed by atoms with Gasteiger partial charge in [-0.2, -0.15) is 0 Å². The number of nitrogens with zero attached hydrogens (tertiary/aromatic N) is 1. The number of para-hydroxylation sites is 1. The van der Waals surface area contributed by atoms with Crippen LogP contribution in [-0.2, 0) is 13.1 Å². The molecule has 0 spiro atoms. The van der Waals surface area contributed by atoms with Crippen LogP contribution in [0.1, 0.15) is 24.7 Å². The Hall–Kier alpha value is -2.28. The van der Waals surface area contributed by atoms with Gasteiger partial charge in [-0.25, -0.2) is 0 Å². The minimum absolute atomic E-state index is 0.213. The van der Waals surface area contributed by atoms with Crippen LogP contribution in [0.2, 0.25) is 0 Å². The van der Waals surface area contributed by atoms with Crippen molar-refractivity contribution in [2.45, 2.75) is 32.5 Å². The van der Waals surface area contributed by atoms with Crippen molar-refractivity contribution in [3.63, 3.8) is 0 Å². The molecule has 1 heterocycles. The lowest BCUT2D eigenvalue weighted by Gasteiger charge is -2.25. The fourth-order valence-corrected chi connectivity index (χ4v) is 3.37. The van der Waals surface area contributed by atoms with Gasteiger partial charge in [-0.3, -0.25) is 4.90 Å². The number of hydrogen-bond donors (Lipinski definition) is 1. The highest BCUT2D eigenvalue weighted by Gasteiger charge is 2.17. The first-order valence-corrected chi connectivity index (χ1v) is 10.9. The summed E-state index contributed by atoms with van der Waals surface area (Å²) >= 11 is 3.41. The van der Waals surface area contributed by atoms with Gasteiger partial charge in [0.15, 0.2) is 0 Å². The van der Waals surface area contributed by atoms with E-state index in [1.54, 1.807) is 6.26 Å². The van der Waals surface area contributed by atoms with E-state index in [-0.39, 0.29) is 6.61 Å². The van der Waals surface area contributed by atoms with Crippen LogP contribution in [0.4, 0.5) is 0 Å². The predicted molar refractivity (Wildman–Crippen MR) is 121 cm³/mol. The molecule has 0 amide bonds. The topological polar surface area (TPSA) is 55.1 Å². The highest BCUT2D eigenvalue weighted by atomic mass is 79.9. The van der Waals surface area contributed by atoms with Gasteiger partial charge in [-0.1, -0.05) is 41.1 Å². The Morgan fingerprint density at radius 3 is 2.53 bits per heavy atom. The Morgan fingerprint density at radius 1 is 1.00 bits per heavy atom. The molecule has 0 saturated carbocycles. The summed E-state index contributed by atoms with van der Waals surface area (Å²) in [5.41, 5.74) is 1.08. The van der Waals surface area contributed by atoms with E-state index >= 15 is 0 Å². The van der Waals surface area contributed by atoms with Gasteiger partial charge >= 0.3 is 0 Å². The van der Waals surface area contributed by atoms with E-state index in [4.69, 9.17) is 13.9 Å². The number of aliphatic hydroxyl groups excluding tert-OH is 1. The highest BCUT2D eigenvalue weighted by Crippen LogP contribution is 2.22. The van der Waals surface area contributed by atoms with Crippen LogP contribution in [0.5, 0.6) is 11.5 Å². The minimum atomic E-state index is -0.646. The average Bonchev–Trinajstić information content (AvgIpc) is 3.26. The second kappa shape index (κ2) is 11.8. The van der Waals surface area contributed by atoms with E-state index in [9.17, 15) is 5.11 Å². The molecule has 0 radical (unpaired) electrons. The molecule has 5 nitrogen and oxygen atoms in total. The number of hydrogen-bond acceptors (Lipinski definition) is 5. The zero-order valence-corrected chi connectivity index (χ0v) is 18.8. The molecule has 0 aliphatic rings. The lowest BCUT2D eigenvalue weighted by atomic mass is 10.1. The number of halogens is 1. The quantitative estimate of drug-likeness (QED) is 0.388. The van der Waals surface area contributed by atoms with Crippen LogP contribution >= 0.6 is 15.9 Å². The molecule has 0 saturated heterocycles. The molecule has 30 heavy (non-hydrogen) atoms. The summed E-state index contributed by atoms with van der Waals surface area (Å²) in [6, 6.07) is 19.4. The number of benzene rings is 2. The molecule has 0 fully saturated rings. The Labute approximate surface area is 186 Å². The second-order valence-corrected chi connectivity index (χ2v) is 8.04. The zero-order valence-electron chi connectivity index (χ0n) is 17.2. The Bertz CT molecular complexity index is 867. The molecule has 1 atom stereocenters. The van der Waals surface area contributed by atoms with Gasteiger partial charge in [0.1, 0.15) is 30.0 Å². The standard InChI is InChI=1S/C24H28BrNO4/c1-2-13-29-24-8-4-3-6-19(24)15-26(17-23-7-5-14-28-23)16-21(27)18-30-22-11-9-20(25)10-12-22/h3-12,14,21,27H,2,13,15-18H2,1H3. The molecule has 0 bridgehead atoms. The van der Waals surface area contributed by atoms with Crippen LogP contribution in [-0.4, -0.2) is 35.9 Å². The zero-order chi connectivity index (χ0) is 21.2. The monoisotopic (exact) mass is 473 g/mol. The van der Waals surface area contributed by atoms with E-state index in [2.05, 4.69) is 33.8 Å². The summed E-state index contributed by atoms with van der Waals surface area (Å²) in [6.45, 7) is 4.65. The van der Waals surface area contributed by atoms with Crippen molar-refractivity contribution in [3.05, 3.63) is 82.7 Å². The van der Waals surface area contributed by atoms with Crippen molar-refractivity contribution >= 4 is 15.9 Å². The van der Waals surface area contributed by atoms with Crippen molar-refractivity contribution < 1.29 is 19.0 Å². The molecule has 6 heteroatoms. The summed E-state index contributed by atoms with van der Waals surface area (Å²) < 4.78 is 18.2. The highest BCUT2D eigenvalue weighted by molar-refractivity contribution is 9.10. The number of aliphatic hydroxyl groups is 1. The fraction of sp³-hybridized carbons (Fsp3) is 0.333. The molecule has 1 aromatic heterocycles. The first-order chi connectivity index (χ1) is 14.6. The third-order valence-corrected chi connectivity index (χ3v) is 5.04. The van der Waals surface area contributed by atoms with Crippen LogP contribution in [0.25, 0.3) is 0 Å². The van der Waals surface area contributed by atoms with E-state index in [0.717, 1.165) is 33.7 Å². The van der Waals surface area contributed by atoms with Gasteiger partial charge in [0, 0.05) is 23.1 Å². The lowest BCUT2D eigenvalue weighted by Crippen LogP contribution is -2.35. The molecule has 3 aromatic rings. The molecule has 0 aliphatic carbocycles. The Morgan fingerprint density at radius 2 is 1.80 bits per heavy atom. The third-order valence-electron chi connectivity index (χ3n) is 4.51. The summed E-state index contributed by atoms with van der Waals surface area (Å²) in [5, 5.41) is 10.6.